The van der Waals surface area contributed by atoms with Gasteiger partial charge in [0.05, 0.1) is 10.6 Å². The number of anilines is 1. The van der Waals surface area contributed by atoms with E-state index in [0.29, 0.717) is 23.2 Å². The summed E-state index contributed by atoms with van der Waals surface area (Å²) < 4.78 is 29.0. The minimum atomic E-state index is -3.63. The van der Waals surface area contributed by atoms with Gasteiger partial charge in [-0.2, -0.15) is 5.10 Å². The molecule has 8 nitrogen and oxygen atoms in total. The Kier molecular flexibility index (Phi) is 6.21. The summed E-state index contributed by atoms with van der Waals surface area (Å²) in [5, 5.41) is 16.2. The van der Waals surface area contributed by atoms with Gasteiger partial charge in [-0.15, -0.1) is 10.2 Å². The van der Waals surface area contributed by atoms with Gasteiger partial charge in [0.2, 0.25) is 10.0 Å². The molecule has 1 aromatic carbocycles. The normalized spacial score (nSPS) is 11.6. The van der Waals surface area contributed by atoms with Crippen molar-refractivity contribution in [3.05, 3.63) is 57.9 Å². The van der Waals surface area contributed by atoms with E-state index in [1.807, 2.05) is 33.8 Å². The summed E-state index contributed by atoms with van der Waals surface area (Å²) in [6.45, 7) is 8.31. The first-order valence-electron chi connectivity index (χ1n) is 9.05. The SMILES string of the molecule is Cc1ccc(S(=O)(=O)NCCNc2ccc(-n3nc(C)c(C)c3C)nn2)cc1Cl. The third-order valence-corrected chi connectivity index (χ3v) is 6.56. The van der Waals surface area contributed by atoms with Crippen molar-refractivity contribution in [2.24, 2.45) is 0 Å². The minimum Gasteiger partial charge on any atom is -0.367 e. The van der Waals surface area contributed by atoms with Gasteiger partial charge in [-0.3, -0.25) is 0 Å². The average Bonchev–Trinajstić information content (AvgIpc) is 2.95. The number of nitrogens with one attached hydrogen (secondary N) is 2. The van der Waals surface area contributed by atoms with E-state index in [-0.39, 0.29) is 11.4 Å². The van der Waals surface area contributed by atoms with Crippen LogP contribution in [-0.2, 0) is 10.0 Å². The Balaban J connectivity index is 1.56. The van der Waals surface area contributed by atoms with Gasteiger partial charge in [-0.05, 0) is 63.1 Å². The van der Waals surface area contributed by atoms with Crippen LogP contribution >= 0.6 is 11.6 Å². The van der Waals surface area contributed by atoms with Crippen molar-refractivity contribution < 1.29 is 8.42 Å². The molecule has 0 radical (unpaired) electrons. The molecule has 2 heterocycles. The van der Waals surface area contributed by atoms with Crippen molar-refractivity contribution in [2.75, 3.05) is 18.4 Å². The number of aromatic nitrogens is 4. The molecule has 2 aromatic heterocycles. The Labute approximate surface area is 175 Å². The third kappa shape index (κ3) is 4.75. The fraction of sp³-hybridized carbons (Fsp3) is 0.316. The first-order valence-corrected chi connectivity index (χ1v) is 10.9. The highest BCUT2D eigenvalue weighted by Crippen LogP contribution is 2.20. The number of benzene rings is 1. The van der Waals surface area contributed by atoms with Gasteiger partial charge in [-0.1, -0.05) is 17.7 Å². The van der Waals surface area contributed by atoms with Crippen LogP contribution in [0.1, 0.15) is 22.5 Å². The Bertz CT molecular complexity index is 1130. The lowest BCUT2D eigenvalue weighted by atomic mass is 10.2. The van der Waals surface area contributed by atoms with Gasteiger partial charge in [0.1, 0.15) is 5.82 Å². The van der Waals surface area contributed by atoms with Gasteiger partial charge in [0.15, 0.2) is 5.82 Å². The molecule has 0 aliphatic rings. The topological polar surface area (TPSA) is 102 Å². The quantitative estimate of drug-likeness (QED) is 0.554. The van der Waals surface area contributed by atoms with Crippen LogP contribution in [0.4, 0.5) is 5.82 Å². The molecule has 3 aromatic rings. The Morgan fingerprint density at radius 3 is 2.38 bits per heavy atom. The van der Waals surface area contributed by atoms with Gasteiger partial charge >= 0.3 is 0 Å². The van der Waals surface area contributed by atoms with E-state index >= 15 is 0 Å². The average molecular weight is 435 g/mol. The zero-order valence-electron chi connectivity index (χ0n) is 16.7. The van der Waals surface area contributed by atoms with Crippen LogP contribution in [0, 0.1) is 27.7 Å². The summed E-state index contributed by atoms with van der Waals surface area (Å²) in [5.41, 5.74) is 3.91. The molecule has 10 heteroatoms. The Morgan fingerprint density at radius 2 is 1.79 bits per heavy atom. The maximum Gasteiger partial charge on any atom is 0.240 e. The van der Waals surface area contributed by atoms with Crippen LogP contribution < -0.4 is 10.0 Å². The summed E-state index contributed by atoms with van der Waals surface area (Å²) >= 11 is 6.01. The fourth-order valence-electron chi connectivity index (χ4n) is 2.68. The molecule has 0 aliphatic heterocycles. The predicted molar refractivity (Wildman–Crippen MR) is 113 cm³/mol. The number of aryl methyl sites for hydroxylation is 2. The number of hydrogen-bond donors (Lipinski definition) is 2. The van der Waals surface area contributed by atoms with Crippen molar-refractivity contribution in [3.63, 3.8) is 0 Å². The molecular weight excluding hydrogens is 412 g/mol. The molecule has 0 fully saturated rings. The van der Waals surface area contributed by atoms with Gasteiger partial charge in [-0.25, -0.2) is 17.8 Å². The number of rotatable bonds is 7. The van der Waals surface area contributed by atoms with Crippen molar-refractivity contribution in [2.45, 2.75) is 32.6 Å². The summed E-state index contributed by atoms with van der Waals surface area (Å²) in [4.78, 5) is 0.137. The highest BCUT2D eigenvalue weighted by Gasteiger charge is 2.14. The van der Waals surface area contributed by atoms with Crippen LogP contribution in [0.3, 0.4) is 0 Å². The predicted octanol–water partition coefficient (Wildman–Crippen LogP) is 2.94. The third-order valence-electron chi connectivity index (χ3n) is 4.70. The summed E-state index contributed by atoms with van der Waals surface area (Å²) in [5.74, 6) is 1.17. The van der Waals surface area contributed by atoms with Crippen LogP contribution in [0.2, 0.25) is 5.02 Å². The zero-order valence-corrected chi connectivity index (χ0v) is 18.3. The lowest BCUT2D eigenvalue weighted by Crippen LogP contribution is -2.29. The summed E-state index contributed by atoms with van der Waals surface area (Å²) in [7, 11) is -3.63. The number of halogens is 1. The van der Waals surface area contributed by atoms with E-state index in [1.54, 1.807) is 16.8 Å². The van der Waals surface area contributed by atoms with E-state index in [2.05, 4.69) is 25.3 Å². The van der Waals surface area contributed by atoms with Crippen LogP contribution in [-0.4, -0.2) is 41.5 Å². The second kappa shape index (κ2) is 8.48. The van der Waals surface area contributed by atoms with E-state index in [0.717, 1.165) is 22.5 Å². The minimum absolute atomic E-state index is 0.137. The van der Waals surface area contributed by atoms with E-state index < -0.39 is 10.0 Å². The van der Waals surface area contributed by atoms with Crippen molar-refractivity contribution in [3.8, 4) is 5.82 Å². The lowest BCUT2D eigenvalue weighted by molar-refractivity contribution is 0.583. The van der Waals surface area contributed by atoms with Crippen LogP contribution in [0.15, 0.2) is 35.2 Å². The second-order valence-electron chi connectivity index (χ2n) is 6.72. The van der Waals surface area contributed by atoms with Gasteiger partial charge in [0, 0.05) is 23.8 Å². The smallest absolute Gasteiger partial charge is 0.240 e. The zero-order chi connectivity index (χ0) is 21.2. The molecule has 0 aliphatic carbocycles. The molecule has 0 bridgehead atoms. The standard InChI is InChI=1S/C19H23ClN6O2S/c1-12-5-6-16(11-17(12)20)29(27,28)22-10-9-21-18-7-8-19(24-23-18)26-15(4)13(2)14(3)25-26/h5-8,11,22H,9-10H2,1-4H3,(H,21,23). The first kappa shape index (κ1) is 21.2. The molecule has 29 heavy (non-hydrogen) atoms. The van der Waals surface area contributed by atoms with E-state index in [4.69, 9.17) is 11.6 Å². The van der Waals surface area contributed by atoms with Crippen molar-refractivity contribution in [1.29, 1.82) is 0 Å². The molecule has 0 amide bonds. The van der Waals surface area contributed by atoms with Crippen LogP contribution in [0.25, 0.3) is 5.82 Å². The number of nitrogens with zero attached hydrogens (tertiary/aromatic N) is 4. The molecule has 3 rings (SSSR count). The fourth-order valence-corrected chi connectivity index (χ4v) is 3.98. The Hall–Kier alpha value is -2.49. The summed E-state index contributed by atoms with van der Waals surface area (Å²) in [6, 6.07) is 8.24. The van der Waals surface area contributed by atoms with E-state index in [1.165, 1.54) is 12.1 Å². The molecule has 0 atom stereocenters. The molecule has 0 unspecified atom stereocenters. The maximum absolute atomic E-state index is 12.3. The van der Waals surface area contributed by atoms with Crippen molar-refractivity contribution in [1.82, 2.24) is 24.7 Å². The molecule has 0 saturated heterocycles. The molecule has 154 valence electrons. The first-order chi connectivity index (χ1) is 13.7. The second-order valence-corrected chi connectivity index (χ2v) is 8.89. The molecule has 0 spiro atoms. The molecule has 2 N–H and O–H groups in total. The van der Waals surface area contributed by atoms with Crippen LogP contribution in [0.5, 0.6) is 0 Å². The number of hydrogen-bond acceptors (Lipinski definition) is 6. The Morgan fingerprint density at radius 1 is 1.03 bits per heavy atom. The summed E-state index contributed by atoms with van der Waals surface area (Å²) in [6.07, 6.45) is 0. The monoisotopic (exact) mass is 434 g/mol. The lowest BCUT2D eigenvalue weighted by Gasteiger charge is -2.09. The van der Waals surface area contributed by atoms with Gasteiger partial charge in [0.25, 0.3) is 0 Å². The van der Waals surface area contributed by atoms with Gasteiger partial charge < -0.3 is 5.32 Å². The largest absolute Gasteiger partial charge is 0.367 e. The molecular formula is C19H23ClN6O2S. The van der Waals surface area contributed by atoms with E-state index in [9.17, 15) is 8.42 Å². The maximum atomic E-state index is 12.3. The highest BCUT2D eigenvalue weighted by atomic mass is 35.5. The highest BCUT2D eigenvalue weighted by molar-refractivity contribution is 7.89. The number of sulfonamides is 1. The van der Waals surface area contributed by atoms with Crippen molar-refractivity contribution >= 4 is 27.4 Å². The molecule has 0 saturated carbocycles.